The molecule has 5 heteroatoms. The monoisotopic (exact) mass is 348 g/mol. The highest BCUT2D eigenvalue weighted by molar-refractivity contribution is 9.10. The van der Waals surface area contributed by atoms with E-state index >= 15 is 0 Å². The summed E-state index contributed by atoms with van der Waals surface area (Å²) < 4.78 is 14.2. The highest BCUT2D eigenvalue weighted by Gasteiger charge is 2.09. The maximum absolute atomic E-state index is 13.6. The molecule has 0 radical (unpaired) electrons. The predicted octanol–water partition coefficient (Wildman–Crippen LogP) is 4.18. The van der Waals surface area contributed by atoms with Gasteiger partial charge in [-0.15, -0.1) is 0 Å². The molecule has 0 atom stereocenters. The zero-order chi connectivity index (χ0) is 15.4. The van der Waals surface area contributed by atoms with Crippen LogP contribution in [0.4, 0.5) is 4.39 Å². The number of carboxylic acids is 1. The van der Waals surface area contributed by atoms with Crippen molar-refractivity contribution >= 4 is 33.8 Å². The Hall–Kier alpha value is -2.27. The van der Waals surface area contributed by atoms with Crippen LogP contribution in [-0.2, 0) is 0 Å². The number of carbonyl (C=O) groups excluding carboxylic acids is 1. The zero-order valence-corrected chi connectivity index (χ0v) is 12.3. The van der Waals surface area contributed by atoms with Crippen LogP contribution >= 0.6 is 15.9 Å². The molecular weight excluding hydrogens is 339 g/mol. The summed E-state index contributed by atoms with van der Waals surface area (Å²) in [5.41, 5.74) is 0.643. The maximum atomic E-state index is 13.6. The summed E-state index contributed by atoms with van der Waals surface area (Å²) in [5.74, 6) is -2.14. The van der Waals surface area contributed by atoms with Crippen molar-refractivity contribution in [3.63, 3.8) is 0 Å². The van der Waals surface area contributed by atoms with Crippen molar-refractivity contribution in [3.8, 4) is 0 Å². The molecule has 0 aliphatic carbocycles. The van der Waals surface area contributed by atoms with Crippen LogP contribution in [0.5, 0.6) is 0 Å². The van der Waals surface area contributed by atoms with Crippen molar-refractivity contribution in [2.75, 3.05) is 0 Å². The van der Waals surface area contributed by atoms with E-state index < -0.39 is 17.6 Å². The number of hydrogen-bond donors (Lipinski definition) is 1. The molecule has 3 nitrogen and oxygen atoms in total. The van der Waals surface area contributed by atoms with Crippen molar-refractivity contribution in [2.24, 2.45) is 0 Å². The summed E-state index contributed by atoms with van der Waals surface area (Å²) in [6.45, 7) is 0. The van der Waals surface area contributed by atoms with Gasteiger partial charge in [0, 0.05) is 4.47 Å². The smallest absolute Gasteiger partial charge is 0.335 e. The number of ketones is 1. The predicted molar refractivity (Wildman–Crippen MR) is 80.9 cm³/mol. The van der Waals surface area contributed by atoms with Gasteiger partial charge in [-0.05, 0) is 42.0 Å². The van der Waals surface area contributed by atoms with Gasteiger partial charge in [0.1, 0.15) is 5.82 Å². The van der Waals surface area contributed by atoms with Gasteiger partial charge in [0.25, 0.3) is 0 Å². The first-order chi connectivity index (χ1) is 9.97. The molecule has 106 valence electrons. The Morgan fingerprint density at radius 3 is 2.57 bits per heavy atom. The fourth-order valence-electron chi connectivity index (χ4n) is 1.73. The molecule has 0 unspecified atom stereocenters. The summed E-state index contributed by atoms with van der Waals surface area (Å²) in [6, 6.07) is 10.3. The maximum Gasteiger partial charge on any atom is 0.335 e. The third-order valence-electron chi connectivity index (χ3n) is 2.76. The molecule has 0 heterocycles. The van der Waals surface area contributed by atoms with Crippen molar-refractivity contribution < 1.29 is 19.1 Å². The molecule has 0 amide bonds. The number of aromatic carboxylic acids is 1. The van der Waals surface area contributed by atoms with Gasteiger partial charge in [0.05, 0.1) is 11.1 Å². The molecule has 2 rings (SSSR count). The molecule has 2 aromatic carbocycles. The van der Waals surface area contributed by atoms with Crippen LogP contribution in [0.1, 0.15) is 26.3 Å². The molecule has 1 N–H and O–H groups in total. The van der Waals surface area contributed by atoms with Crippen LogP contribution in [0.25, 0.3) is 6.08 Å². The van der Waals surface area contributed by atoms with Crippen molar-refractivity contribution in [3.05, 3.63) is 75.5 Å². The van der Waals surface area contributed by atoms with Crippen LogP contribution in [0.2, 0.25) is 0 Å². The van der Waals surface area contributed by atoms with E-state index in [9.17, 15) is 14.0 Å². The van der Waals surface area contributed by atoms with E-state index in [1.807, 2.05) is 0 Å². The van der Waals surface area contributed by atoms with Gasteiger partial charge in [-0.2, -0.15) is 0 Å². The van der Waals surface area contributed by atoms with Crippen LogP contribution in [0.15, 0.2) is 53.0 Å². The number of rotatable bonds is 4. The van der Waals surface area contributed by atoms with E-state index in [-0.39, 0.29) is 11.1 Å². The Morgan fingerprint density at radius 2 is 1.90 bits per heavy atom. The fraction of sp³-hybridized carbons (Fsp3) is 0. The highest BCUT2D eigenvalue weighted by Crippen LogP contribution is 2.16. The Kier molecular flexibility index (Phi) is 4.65. The van der Waals surface area contributed by atoms with Gasteiger partial charge in [0.15, 0.2) is 5.78 Å². The topological polar surface area (TPSA) is 54.4 Å². The summed E-state index contributed by atoms with van der Waals surface area (Å²) in [5, 5.41) is 8.88. The molecular formula is C16H10BrFO3. The van der Waals surface area contributed by atoms with Crippen LogP contribution in [-0.4, -0.2) is 16.9 Å². The molecule has 0 fully saturated rings. The minimum Gasteiger partial charge on any atom is -0.478 e. The molecule has 0 spiro atoms. The second-order valence-corrected chi connectivity index (χ2v) is 5.17. The molecule has 21 heavy (non-hydrogen) atoms. The lowest BCUT2D eigenvalue weighted by atomic mass is 10.1. The second-order valence-electron chi connectivity index (χ2n) is 4.25. The lowest BCUT2D eigenvalue weighted by molar-refractivity contribution is 0.0696. The van der Waals surface area contributed by atoms with Crippen LogP contribution in [0.3, 0.4) is 0 Å². The van der Waals surface area contributed by atoms with Gasteiger partial charge in [0.2, 0.25) is 0 Å². The number of allylic oxidation sites excluding steroid dienone is 1. The fourth-order valence-corrected chi connectivity index (χ4v) is 2.06. The molecule has 0 saturated carbocycles. The molecule has 0 aliphatic heterocycles. The zero-order valence-electron chi connectivity index (χ0n) is 10.7. The molecule has 2 aromatic rings. The first-order valence-corrected chi connectivity index (χ1v) is 6.77. The first kappa shape index (κ1) is 15.1. The lowest BCUT2D eigenvalue weighted by Crippen LogP contribution is -1.98. The quantitative estimate of drug-likeness (QED) is 0.665. The van der Waals surface area contributed by atoms with E-state index in [0.29, 0.717) is 10.0 Å². The van der Waals surface area contributed by atoms with Gasteiger partial charge in [-0.1, -0.05) is 34.1 Å². The van der Waals surface area contributed by atoms with E-state index in [4.69, 9.17) is 5.11 Å². The van der Waals surface area contributed by atoms with Crippen molar-refractivity contribution in [1.82, 2.24) is 0 Å². The summed E-state index contributed by atoms with van der Waals surface area (Å²) in [7, 11) is 0. The second kappa shape index (κ2) is 6.45. The number of benzene rings is 2. The average molecular weight is 349 g/mol. The SMILES string of the molecule is O=C(O)c1cccc(/C=C/C(=O)c2ccc(Br)cc2F)c1. The lowest BCUT2D eigenvalue weighted by Gasteiger charge is -2.00. The van der Waals surface area contributed by atoms with E-state index in [2.05, 4.69) is 15.9 Å². The summed E-state index contributed by atoms with van der Waals surface area (Å²) in [6.07, 6.45) is 2.67. The third-order valence-corrected chi connectivity index (χ3v) is 3.25. The van der Waals surface area contributed by atoms with Gasteiger partial charge >= 0.3 is 5.97 Å². The Labute approximate surface area is 128 Å². The Morgan fingerprint density at radius 1 is 1.14 bits per heavy atom. The Balaban J connectivity index is 2.22. The summed E-state index contributed by atoms with van der Waals surface area (Å²) in [4.78, 5) is 22.8. The van der Waals surface area contributed by atoms with Gasteiger partial charge in [-0.3, -0.25) is 4.79 Å². The molecule has 0 saturated heterocycles. The van der Waals surface area contributed by atoms with Gasteiger partial charge in [-0.25, -0.2) is 9.18 Å². The van der Waals surface area contributed by atoms with Crippen molar-refractivity contribution in [1.29, 1.82) is 0 Å². The standard InChI is InChI=1S/C16H10BrFO3/c17-12-5-6-13(14(18)9-12)15(19)7-4-10-2-1-3-11(8-10)16(20)21/h1-9H,(H,20,21)/b7-4+. The minimum absolute atomic E-state index is 0.0381. The summed E-state index contributed by atoms with van der Waals surface area (Å²) >= 11 is 3.12. The van der Waals surface area contributed by atoms with Crippen LogP contribution < -0.4 is 0 Å². The minimum atomic E-state index is -1.05. The number of hydrogen-bond acceptors (Lipinski definition) is 2. The molecule has 0 aliphatic rings. The number of carbonyl (C=O) groups is 2. The van der Waals surface area contributed by atoms with Crippen molar-refractivity contribution in [2.45, 2.75) is 0 Å². The largest absolute Gasteiger partial charge is 0.478 e. The van der Waals surface area contributed by atoms with Gasteiger partial charge < -0.3 is 5.11 Å². The molecule has 0 aromatic heterocycles. The van der Waals surface area contributed by atoms with E-state index in [1.165, 1.54) is 36.4 Å². The number of carboxylic acid groups (broad SMARTS) is 1. The van der Waals surface area contributed by atoms with Crippen LogP contribution in [0, 0.1) is 5.82 Å². The van der Waals surface area contributed by atoms with E-state index in [0.717, 1.165) is 0 Å². The number of halogens is 2. The highest BCUT2D eigenvalue weighted by atomic mass is 79.9. The molecule has 0 bridgehead atoms. The Bertz CT molecular complexity index is 738. The third kappa shape index (κ3) is 3.86. The first-order valence-electron chi connectivity index (χ1n) is 5.98. The van der Waals surface area contributed by atoms with E-state index in [1.54, 1.807) is 18.2 Å². The normalized spacial score (nSPS) is 10.8. The average Bonchev–Trinajstić information content (AvgIpc) is 2.45.